The molecule has 0 aliphatic heterocycles. The van der Waals surface area contributed by atoms with Crippen LogP contribution in [0.25, 0.3) is 0 Å². The van der Waals surface area contributed by atoms with Crippen LogP contribution >= 0.6 is 0 Å². The average molecular weight is 202 g/mol. The second kappa shape index (κ2) is 4.78. The molecule has 0 aromatic heterocycles. The molecular formula is C11H22O3. The van der Waals surface area contributed by atoms with Crippen LogP contribution in [0.3, 0.4) is 0 Å². The molecule has 0 heterocycles. The first-order valence-corrected chi connectivity index (χ1v) is 5.02. The SMILES string of the molecule is CCOC(C)(C)CC(=O)OC(C)(C)C. The zero-order valence-electron chi connectivity index (χ0n) is 10.1. The molecule has 84 valence electrons. The fraction of sp³-hybridized carbons (Fsp3) is 0.909. The Hall–Kier alpha value is -0.570. The van der Waals surface area contributed by atoms with Gasteiger partial charge in [-0.25, -0.2) is 0 Å². The summed E-state index contributed by atoms with van der Waals surface area (Å²) >= 11 is 0. The highest BCUT2D eigenvalue weighted by molar-refractivity contribution is 5.71. The summed E-state index contributed by atoms with van der Waals surface area (Å²) in [6.45, 7) is 11.9. The average Bonchev–Trinajstić information content (AvgIpc) is 1.78. The van der Waals surface area contributed by atoms with Gasteiger partial charge < -0.3 is 9.47 Å². The van der Waals surface area contributed by atoms with Crippen molar-refractivity contribution >= 4 is 5.97 Å². The number of carbonyl (C=O) groups is 1. The minimum absolute atomic E-state index is 0.212. The summed E-state index contributed by atoms with van der Waals surface area (Å²) in [5, 5.41) is 0. The molecule has 0 spiro atoms. The molecular weight excluding hydrogens is 180 g/mol. The zero-order valence-corrected chi connectivity index (χ0v) is 10.1. The smallest absolute Gasteiger partial charge is 0.309 e. The number of carbonyl (C=O) groups excluding carboxylic acids is 1. The van der Waals surface area contributed by atoms with Gasteiger partial charge in [0.25, 0.3) is 0 Å². The Balaban J connectivity index is 4.06. The minimum Gasteiger partial charge on any atom is -0.460 e. The molecule has 0 bridgehead atoms. The lowest BCUT2D eigenvalue weighted by molar-refractivity contribution is -0.161. The first kappa shape index (κ1) is 13.4. The van der Waals surface area contributed by atoms with Crippen molar-refractivity contribution in [3.8, 4) is 0 Å². The normalized spacial score (nSPS) is 12.7. The van der Waals surface area contributed by atoms with Gasteiger partial charge in [-0.2, -0.15) is 0 Å². The van der Waals surface area contributed by atoms with E-state index in [0.29, 0.717) is 6.61 Å². The molecule has 3 nitrogen and oxygen atoms in total. The summed E-state index contributed by atoms with van der Waals surface area (Å²) in [4.78, 5) is 11.4. The van der Waals surface area contributed by atoms with Crippen LogP contribution in [0.1, 0.15) is 48.0 Å². The van der Waals surface area contributed by atoms with E-state index < -0.39 is 11.2 Å². The van der Waals surface area contributed by atoms with Crippen molar-refractivity contribution in [1.29, 1.82) is 0 Å². The van der Waals surface area contributed by atoms with Gasteiger partial charge in [-0.1, -0.05) is 0 Å². The predicted octanol–water partition coefficient (Wildman–Crippen LogP) is 2.53. The molecule has 3 heteroatoms. The summed E-state index contributed by atoms with van der Waals surface area (Å²) in [6, 6.07) is 0. The van der Waals surface area contributed by atoms with Crippen LogP contribution in [0.15, 0.2) is 0 Å². The molecule has 0 aromatic rings. The molecule has 0 saturated heterocycles. The van der Waals surface area contributed by atoms with Gasteiger partial charge in [0.2, 0.25) is 0 Å². The van der Waals surface area contributed by atoms with Crippen molar-refractivity contribution in [3.63, 3.8) is 0 Å². The second-order valence-electron chi connectivity index (χ2n) is 4.96. The third-order valence-corrected chi connectivity index (χ3v) is 1.53. The van der Waals surface area contributed by atoms with Gasteiger partial charge in [0.15, 0.2) is 0 Å². The topological polar surface area (TPSA) is 35.5 Å². The van der Waals surface area contributed by atoms with E-state index in [2.05, 4.69) is 0 Å². The summed E-state index contributed by atoms with van der Waals surface area (Å²) in [6.07, 6.45) is 0.290. The van der Waals surface area contributed by atoms with E-state index in [4.69, 9.17) is 9.47 Å². The van der Waals surface area contributed by atoms with Crippen LogP contribution in [0.2, 0.25) is 0 Å². The molecule has 14 heavy (non-hydrogen) atoms. The van der Waals surface area contributed by atoms with Crippen molar-refractivity contribution in [1.82, 2.24) is 0 Å². The largest absolute Gasteiger partial charge is 0.460 e. The molecule has 0 fully saturated rings. The lowest BCUT2D eigenvalue weighted by Crippen LogP contribution is -2.32. The van der Waals surface area contributed by atoms with Crippen molar-refractivity contribution in [2.75, 3.05) is 6.61 Å². The van der Waals surface area contributed by atoms with Crippen molar-refractivity contribution < 1.29 is 14.3 Å². The molecule has 0 N–H and O–H groups in total. The van der Waals surface area contributed by atoms with Gasteiger partial charge in [0.1, 0.15) is 5.60 Å². The number of rotatable bonds is 4. The molecule has 0 aromatic carbocycles. The van der Waals surface area contributed by atoms with Gasteiger partial charge >= 0.3 is 5.97 Å². The van der Waals surface area contributed by atoms with Crippen LogP contribution in [0.5, 0.6) is 0 Å². The molecule has 0 saturated carbocycles. The van der Waals surface area contributed by atoms with E-state index in [1.165, 1.54) is 0 Å². The van der Waals surface area contributed by atoms with Crippen LogP contribution in [0, 0.1) is 0 Å². The minimum atomic E-state index is -0.433. The van der Waals surface area contributed by atoms with E-state index in [1.807, 2.05) is 41.5 Å². The van der Waals surface area contributed by atoms with Crippen LogP contribution < -0.4 is 0 Å². The Morgan fingerprint density at radius 1 is 1.14 bits per heavy atom. The highest BCUT2D eigenvalue weighted by atomic mass is 16.6. The molecule has 0 radical (unpaired) electrons. The fourth-order valence-corrected chi connectivity index (χ4v) is 1.17. The van der Waals surface area contributed by atoms with Gasteiger partial charge in [-0.3, -0.25) is 4.79 Å². The van der Waals surface area contributed by atoms with E-state index >= 15 is 0 Å². The maximum atomic E-state index is 11.4. The Morgan fingerprint density at radius 2 is 1.64 bits per heavy atom. The number of hydrogen-bond donors (Lipinski definition) is 0. The van der Waals surface area contributed by atoms with Gasteiger partial charge in [0.05, 0.1) is 12.0 Å². The number of ether oxygens (including phenoxy) is 2. The highest BCUT2D eigenvalue weighted by Crippen LogP contribution is 2.17. The molecule has 0 aliphatic rings. The number of esters is 1. The maximum Gasteiger partial charge on any atom is 0.309 e. The fourth-order valence-electron chi connectivity index (χ4n) is 1.17. The summed E-state index contributed by atoms with van der Waals surface area (Å²) in [7, 11) is 0. The lowest BCUT2D eigenvalue weighted by Gasteiger charge is -2.26. The lowest BCUT2D eigenvalue weighted by atomic mass is 10.1. The quantitative estimate of drug-likeness (QED) is 0.657. The summed E-state index contributed by atoms with van der Waals surface area (Å²) in [5.41, 5.74) is -0.851. The number of hydrogen-bond acceptors (Lipinski definition) is 3. The highest BCUT2D eigenvalue weighted by Gasteiger charge is 2.25. The monoisotopic (exact) mass is 202 g/mol. The van der Waals surface area contributed by atoms with Gasteiger partial charge in [-0.15, -0.1) is 0 Å². The Morgan fingerprint density at radius 3 is 2.00 bits per heavy atom. The summed E-state index contributed by atoms with van der Waals surface area (Å²) in [5.74, 6) is -0.212. The third-order valence-electron chi connectivity index (χ3n) is 1.53. The predicted molar refractivity (Wildman–Crippen MR) is 56.2 cm³/mol. The molecule has 0 atom stereocenters. The molecule has 0 rings (SSSR count). The van der Waals surface area contributed by atoms with Crippen LogP contribution in [-0.2, 0) is 14.3 Å². The molecule has 0 amide bonds. The van der Waals surface area contributed by atoms with Crippen LogP contribution in [0.4, 0.5) is 0 Å². The Labute approximate surface area is 86.8 Å². The first-order chi connectivity index (χ1) is 6.16. The molecule has 0 unspecified atom stereocenters. The van der Waals surface area contributed by atoms with Crippen LogP contribution in [-0.4, -0.2) is 23.8 Å². The van der Waals surface area contributed by atoms with E-state index in [1.54, 1.807) is 0 Å². The van der Waals surface area contributed by atoms with Gasteiger partial charge in [-0.05, 0) is 41.5 Å². The standard InChI is InChI=1S/C11H22O3/c1-7-13-11(5,6)8-9(12)14-10(2,3)4/h7-8H2,1-6H3. The maximum absolute atomic E-state index is 11.4. The van der Waals surface area contributed by atoms with Crippen molar-refractivity contribution in [3.05, 3.63) is 0 Å². The van der Waals surface area contributed by atoms with Crippen molar-refractivity contribution in [2.24, 2.45) is 0 Å². The van der Waals surface area contributed by atoms with E-state index in [-0.39, 0.29) is 12.4 Å². The third kappa shape index (κ3) is 6.89. The Kier molecular flexibility index (Phi) is 4.59. The van der Waals surface area contributed by atoms with E-state index in [9.17, 15) is 4.79 Å². The van der Waals surface area contributed by atoms with E-state index in [0.717, 1.165) is 0 Å². The molecule has 0 aliphatic carbocycles. The Bertz CT molecular complexity index is 189. The van der Waals surface area contributed by atoms with Crippen molar-refractivity contribution in [2.45, 2.75) is 59.2 Å². The first-order valence-electron chi connectivity index (χ1n) is 5.02. The summed E-state index contributed by atoms with van der Waals surface area (Å²) < 4.78 is 10.6. The second-order valence-corrected chi connectivity index (χ2v) is 4.96. The zero-order chi connectivity index (χ0) is 11.4. The van der Waals surface area contributed by atoms with Gasteiger partial charge in [0, 0.05) is 6.61 Å².